The van der Waals surface area contributed by atoms with Gasteiger partial charge in [-0.1, -0.05) is 13.0 Å². The number of aryl methyl sites for hydroxylation is 2. The van der Waals surface area contributed by atoms with Crippen LogP contribution in [-0.4, -0.2) is 9.97 Å². The van der Waals surface area contributed by atoms with Crippen molar-refractivity contribution in [2.24, 2.45) is 0 Å². The number of hydrogen-bond donors (Lipinski definition) is 1. The molecule has 0 bridgehead atoms. The van der Waals surface area contributed by atoms with Gasteiger partial charge in [-0.25, -0.2) is 4.98 Å². The molecule has 0 atom stereocenters. The zero-order chi connectivity index (χ0) is 11.4. The Morgan fingerprint density at radius 2 is 2.12 bits per heavy atom. The normalized spacial score (nSPS) is 10.4. The van der Waals surface area contributed by atoms with Crippen LogP contribution in [0.15, 0.2) is 24.5 Å². The van der Waals surface area contributed by atoms with Crippen molar-refractivity contribution >= 4 is 16.5 Å². The highest BCUT2D eigenvalue weighted by atomic mass is 32.1. The van der Waals surface area contributed by atoms with Crippen molar-refractivity contribution in [3.05, 3.63) is 40.7 Å². The molecule has 2 aromatic heterocycles. The fourth-order valence-corrected chi connectivity index (χ4v) is 2.07. The molecule has 0 saturated heterocycles. The Labute approximate surface area is 99.6 Å². The van der Waals surface area contributed by atoms with Crippen LogP contribution in [0, 0.1) is 6.92 Å². The molecule has 3 nitrogen and oxygen atoms in total. The summed E-state index contributed by atoms with van der Waals surface area (Å²) in [6.07, 6.45) is 4.86. The molecule has 16 heavy (non-hydrogen) atoms. The number of nitrogens with one attached hydrogen (secondary N) is 1. The maximum atomic E-state index is 4.33. The van der Waals surface area contributed by atoms with Gasteiger partial charge in [0, 0.05) is 17.3 Å². The second-order valence-electron chi connectivity index (χ2n) is 3.67. The third kappa shape index (κ3) is 2.79. The van der Waals surface area contributed by atoms with E-state index in [0.717, 1.165) is 23.8 Å². The van der Waals surface area contributed by atoms with E-state index >= 15 is 0 Å². The fourth-order valence-electron chi connectivity index (χ4n) is 1.32. The van der Waals surface area contributed by atoms with Gasteiger partial charge in [0.05, 0.1) is 12.2 Å². The quantitative estimate of drug-likeness (QED) is 0.882. The summed E-state index contributed by atoms with van der Waals surface area (Å²) in [7, 11) is 0. The van der Waals surface area contributed by atoms with Gasteiger partial charge in [0.15, 0.2) is 5.13 Å². The Kier molecular flexibility index (Phi) is 3.51. The molecule has 2 rings (SSSR count). The van der Waals surface area contributed by atoms with Gasteiger partial charge in [-0.05, 0) is 25.0 Å². The smallest absolute Gasteiger partial charge is 0.183 e. The van der Waals surface area contributed by atoms with E-state index in [0.29, 0.717) is 0 Å². The number of anilines is 1. The number of thiazole rings is 1. The van der Waals surface area contributed by atoms with E-state index in [2.05, 4.69) is 28.3 Å². The average Bonchev–Trinajstić information content (AvgIpc) is 2.76. The number of nitrogens with zero attached hydrogens (tertiary/aromatic N) is 2. The summed E-state index contributed by atoms with van der Waals surface area (Å²) in [5.41, 5.74) is 2.23. The first-order valence-electron chi connectivity index (χ1n) is 5.38. The Balaban J connectivity index is 1.94. The molecule has 0 amide bonds. The van der Waals surface area contributed by atoms with Crippen LogP contribution < -0.4 is 5.32 Å². The Morgan fingerprint density at radius 3 is 2.75 bits per heavy atom. The Hall–Kier alpha value is -1.42. The van der Waals surface area contributed by atoms with E-state index < -0.39 is 0 Å². The van der Waals surface area contributed by atoms with Crippen molar-refractivity contribution in [3.63, 3.8) is 0 Å². The maximum Gasteiger partial charge on any atom is 0.183 e. The molecule has 0 unspecified atom stereocenters. The summed E-state index contributed by atoms with van der Waals surface area (Å²) in [6, 6.07) is 4.11. The van der Waals surface area contributed by atoms with Gasteiger partial charge in [0.1, 0.15) is 0 Å². The third-order valence-corrected chi connectivity index (χ3v) is 3.39. The van der Waals surface area contributed by atoms with Crippen LogP contribution in [0.25, 0.3) is 0 Å². The van der Waals surface area contributed by atoms with Crippen molar-refractivity contribution < 1.29 is 0 Å². The zero-order valence-electron chi connectivity index (χ0n) is 9.53. The van der Waals surface area contributed by atoms with E-state index in [1.165, 1.54) is 10.4 Å². The van der Waals surface area contributed by atoms with Crippen molar-refractivity contribution in [1.29, 1.82) is 0 Å². The van der Waals surface area contributed by atoms with Crippen LogP contribution >= 0.6 is 11.3 Å². The van der Waals surface area contributed by atoms with Gasteiger partial charge in [0.2, 0.25) is 0 Å². The lowest BCUT2D eigenvalue weighted by Gasteiger charge is -2.01. The Morgan fingerprint density at radius 1 is 1.25 bits per heavy atom. The highest BCUT2D eigenvalue weighted by molar-refractivity contribution is 7.15. The van der Waals surface area contributed by atoms with E-state index in [1.54, 1.807) is 11.3 Å². The van der Waals surface area contributed by atoms with Crippen LogP contribution in [0.2, 0.25) is 0 Å². The average molecular weight is 233 g/mol. The molecule has 0 aliphatic heterocycles. The Bertz CT molecular complexity index is 448. The second-order valence-corrected chi connectivity index (χ2v) is 4.78. The minimum Gasteiger partial charge on any atom is -0.356 e. The topological polar surface area (TPSA) is 37.8 Å². The molecule has 2 heterocycles. The minimum absolute atomic E-state index is 0.733. The largest absolute Gasteiger partial charge is 0.356 e. The molecule has 0 saturated carbocycles. The van der Waals surface area contributed by atoms with Gasteiger partial charge >= 0.3 is 0 Å². The highest BCUT2D eigenvalue weighted by Gasteiger charge is 2.00. The first-order chi connectivity index (χ1) is 7.78. The standard InChI is InChI=1S/C12H15N3S/c1-3-11-8-15-12(16-11)14-7-10-5-4-9(2)6-13-10/h4-6,8H,3,7H2,1-2H3,(H,14,15). The van der Waals surface area contributed by atoms with Crippen molar-refractivity contribution in [2.75, 3.05) is 5.32 Å². The van der Waals surface area contributed by atoms with Crippen LogP contribution in [0.3, 0.4) is 0 Å². The van der Waals surface area contributed by atoms with E-state index in [9.17, 15) is 0 Å². The molecular weight excluding hydrogens is 218 g/mol. The molecule has 0 aliphatic carbocycles. The molecule has 2 aromatic rings. The SMILES string of the molecule is CCc1cnc(NCc2ccc(C)cn2)s1. The molecule has 0 aliphatic rings. The van der Waals surface area contributed by atoms with Gasteiger partial charge in [-0.15, -0.1) is 11.3 Å². The molecule has 0 radical (unpaired) electrons. The van der Waals surface area contributed by atoms with Crippen LogP contribution in [0.5, 0.6) is 0 Å². The lowest BCUT2D eigenvalue weighted by molar-refractivity contribution is 1.03. The molecule has 1 N–H and O–H groups in total. The maximum absolute atomic E-state index is 4.33. The van der Waals surface area contributed by atoms with Crippen molar-refractivity contribution in [2.45, 2.75) is 26.8 Å². The first kappa shape index (κ1) is 11.1. The predicted octanol–water partition coefficient (Wildman–Crippen LogP) is 3.02. The number of hydrogen-bond acceptors (Lipinski definition) is 4. The summed E-state index contributed by atoms with van der Waals surface area (Å²) in [6.45, 7) is 4.91. The minimum atomic E-state index is 0.733. The summed E-state index contributed by atoms with van der Waals surface area (Å²) >= 11 is 1.71. The van der Waals surface area contributed by atoms with Crippen molar-refractivity contribution in [1.82, 2.24) is 9.97 Å². The molecular formula is C12H15N3S. The molecule has 0 aromatic carbocycles. The highest BCUT2D eigenvalue weighted by Crippen LogP contribution is 2.18. The second kappa shape index (κ2) is 5.07. The summed E-state index contributed by atoms with van der Waals surface area (Å²) < 4.78 is 0. The number of aromatic nitrogens is 2. The monoisotopic (exact) mass is 233 g/mol. The first-order valence-corrected chi connectivity index (χ1v) is 6.19. The molecule has 4 heteroatoms. The summed E-state index contributed by atoms with van der Waals surface area (Å²) in [5.74, 6) is 0. The molecule has 0 spiro atoms. The lowest BCUT2D eigenvalue weighted by Crippen LogP contribution is -2.00. The van der Waals surface area contributed by atoms with Gasteiger partial charge < -0.3 is 5.32 Å². The zero-order valence-corrected chi connectivity index (χ0v) is 10.3. The lowest BCUT2D eigenvalue weighted by atomic mass is 10.3. The predicted molar refractivity (Wildman–Crippen MR) is 67.8 cm³/mol. The fraction of sp³-hybridized carbons (Fsp3) is 0.333. The van der Waals surface area contributed by atoms with Gasteiger partial charge in [-0.2, -0.15) is 0 Å². The van der Waals surface area contributed by atoms with E-state index in [-0.39, 0.29) is 0 Å². The van der Waals surface area contributed by atoms with Crippen LogP contribution in [-0.2, 0) is 13.0 Å². The van der Waals surface area contributed by atoms with E-state index in [4.69, 9.17) is 0 Å². The summed E-state index contributed by atoms with van der Waals surface area (Å²) in [4.78, 5) is 9.94. The van der Waals surface area contributed by atoms with Crippen molar-refractivity contribution in [3.8, 4) is 0 Å². The third-order valence-electron chi connectivity index (χ3n) is 2.30. The molecule has 0 fully saturated rings. The van der Waals surface area contributed by atoms with Gasteiger partial charge in [-0.3, -0.25) is 4.98 Å². The number of pyridine rings is 1. The van der Waals surface area contributed by atoms with Crippen LogP contribution in [0.4, 0.5) is 5.13 Å². The molecule has 84 valence electrons. The number of rotatable bonds is 4. The van der Waals surface area contributed by atoms with E-state index in [1.807, 2.05) is 25.4 Å². The van der Waals surface area contributed by atoms with Gasteiger partial charge in [0.25, 0.3) is 0 Å². The summed E-state index contributed by atoms with van der Waals surface area (Å²) in [5, 5.41) is 4.25. The van der Waals surface area contributed by atoms with Crippen LogP contribution in [0.1, 0.15) is 23.1 Å².